The lowest BCUT2D eigenvalue weighted by Gasteiger charge is -2.20. The van der Waals surface area contributed by atoms with Crippen LogP contribution >= 0.6 is 11.6 Å². The molecule has 0 aliphatic carbocycles. The molecule has 0 spiro atoms. The van der Waals surface area contributed by atoms with Gasteiger partial charge in [0.1, 0.15) is 5.82 Å². The molecule has 3 atom stereocenters. The van der Waals surface area contributed by atoms with Crippen molar-refractivity contribution in [1.82, 2.24) is 10.3 Å². The molecule has 21 heavy (non-hydrogen) atoms. The minimum atomic E-state index is -0.150. The number of hydrogen-bond donors (Lipinski definition) is 2. The standard InChI is InChI=1S/C15H20ClN3O2/c1-2-5-17-14-7-10(11(16)8-18-14)15(20)19-12-6-9-3-4-13(12)21-9/h7-9,12-13H,2-6H2,1H3,(H,17,18)(H,19,20). The number of ether oxygens (including phenoxy) is 1. The Balaban J connectivity index is 1.68. The molecule has 0 radical (unpaired) electrons. The van der Waals surface area contributed by atoms with Crippen molar-refractivity contribution in [1.29, 1.82) is 0 Å². The predicted molar refractivity (Wildman–Crippen MR) is 81.8 cm³/mol. The first-order valence-electron chi connectivity index (χ1n) is 7.53. The number of hydrogen-bond acceptors (Lipinski definition) is 4. The molecular weight excluding hydrogens is 290 g/mol. The Labute approximate surface area is 129 Å². The Hall–Kier alpha value is -1.33. The number of amides is 1. The molecule has 114 valence electrons. The molecular formula is C15H20ClN3O2. The largest absolute Gasteiger partial charge is 0.373 e. The smallest absolute Gasteiger partial charge is 0.253 e. The van der Waals surface area contributed by atoms with Crippen molar-refractivity contribution in [2.75, 3.05) is 11.9 Å². The number of aromatic nitrogens is 1. The molecule has 3 heterocycles. The SMILES string of the molecule is CCCNc1cc(C(=O)NC2CC3CCC2O3)c(Cl)cn1. The molecule has 2 aliphatic heterocycles. The quantitative estimate of drug-likeness (QED) is 0.877. The molecule has 1 aromatic heterocycles. The summed E-state index contributed by atoms with van der Waals surface area (Å²) >= 11 is 6.11. The molecule has 3 rings (SSSR count). The first-order chi connectivity index (χ1) is 10.2. The highest BCUT2D eigenvalue weighted by atomic mass is 35.5. The summed E-state index contributed by atoms with van der Waals surface area (Å²) in [5.74, 6) is 0.527. The molecule has 2 saturated heterocycles. The van der Waals surface area contributed by atoms with Crippen LogP contribution in [-0.4, -0.2) is 35.7 Å². The van der Waals surface area contributed by atoms with Crippen molar-refractivity contribution in [3.63, 3.8) is 0 Å². The van der Waals surface area contributed by atoms with Gasteiger partial charge in [-0.15, -0.1) is 0 Å². The Morgan fingerprint density at radius 1 is 1.52 bits per heavy atom. The van der Waals surface area contributed by atoms with E-state index < -0.39 is 0 Å². The zero-order valence-corrected chi connectivity index (χ0v) is 12.8. The van der Waals surface area contributed by atoms with Crippen molar-refractivity contribution >= 4 is 23.3 Å². The van der Waals surface area contributed by atoms with E-state index in [1.54, 1.807) is 6.07 Å². The second kappa shape index (κ2) is 6.20. The highest BCUT2D eigenvalue weighted by Crippen LogP contribution is 2.34. The van der Waals surface area contributed by atoms with Crippen LogP contribution in [0.2, 0.25) is 5.02 Å². The molecule has 1 aromatic rings. The first-order valence-corrected chi connectivity index (χ1v) is 7.91. The molecule has 2 bridgehead atoms. The van der Waals surface area contributed by atoms with E-state index in [-0.39, 0.29) is 18.1 Å². The van der Waals surface area contributed by atoms with Gasteiger partial charge < -0.3 is 15.4 Å². The highest BCUT2D eigenvalue weighted by molar-refractivity contribution is 6.33. The van der Waals surface area contributed by atoms with Crippen LogP contribution in [0.15, 0.2) is 12.3 Å². The maximum Gasteiger partial charge on any atom is 0.253 e. The second-order valence-corrected chi connectivity index (χ2v) is 6.07. The van der Waals surface area contributed by atoms with Crippen molar-refractivity contribution in [3.05, 3.63) is 22.8 Å². The lowest BCUT2D eigenvalue weighted by molar-refractivity contribution is 0.0841. The number of rotatable bonds is 5. The Morgan fingerprint density at radius 3 is 3.05 bits per heavy atom. The van der Waals surface area contributed by atoms with Crippen LogP contribution in [0.3, 0.4) is 0 Å². The zero-order chi connectivity index (χ0) is 14.8. The second-order valence-electron chi connectivity index (χ2n) is 5.67. The van der Waals surface area contributed by atoms with Gasteiger partial charge in [0.15, 0.2) is 0 Å². The van der Waals surface area contributed by atoms with Crippen molar-refractivity contribution < 1.29 is 9.53 Å². The highest BCUT2D eigenvalue weighted by Gasteiger charge is 2.41. The topological polar surface area (TPSA) is 63.2 Å². The summed E-state index contributed by atoms with van der Waals surface area (Å²) in [6.45, 7) is 2.89. The van der Waals surface area contributed by atoms with Crippen LogP contribution in [0.5, 0.6) is 0 Å². The number of halogens is 1. The number of nitrogens with zero attached hydrogens (tertiary/aromatic N) is 1. The van der Waals surface area contributed by atoms with Gasteiger partial charge in [-0.25, -0.2) is 4.98 Å². The van der Waals surface area contributed by atoms with Gasteiger partial charge in [-0.3, -0.25) is 4.79 Å². The van der Waals surface area contributed by atoms with Crippen molar-refractivity contribution in [3.8, 4) is 0 Å². The summed E-state index contributed by atoms with van der Waals surface area (Å²) < 4.78 is 5.76. The number of fused-ring (bicyclic) bond motifs is 2. The van der Waals surface area contributed by atoms with E-state index >= 15 is 0 Å². The van der Waals surface area contributed by atoms with Gasteiger partial charge in [0.25, 0.3) is 5.91 Å². The van der Waals surface area contributed by atoms with E-state index in [2.05, 4.69) is 22.5 Å². The zero-order valence-electron chi connectivity index (χ0n) is 12.1. The van der Waals surface area contributed by atoms with Crippen molar-refractivity contribution in [2.24, 2.45) is 0 Å². The normalized spacial score (nSPS) is 26.9. The Morgan fingerprint density at radius 2 is 2.38 bits per heavy atom. The van der Waals surface area contributed by atoms with Gasteiger partial charge in [0.2, 0.25) is 0 Å². The minimum absolute atomic E-state index is 0.104. The summed E-state index contributed by atoms with van der Waals surface area (Å²) in [5, 5.41) is 6.58. The maximum absolute atomic E-state index is 12.4. The van der Waals surface area contributed by atoms with Crippen LogP contribution in [0.4, 0.5) is 5.82 Å². The van der Waals surface area contributed by atoms with E-state index in [0.717, 1.165) is 32.2 Å². The van der Waals surface area contributed by atoms with Gasteiger partial charge in [-0.05, 0) is 31.7 Å². The van der Waals surface area contributed by atoms with E-state index in [1.165, 1.54) is 6.20 Å². The fourth-order valence-electron chi connectivity index (χ4n) is 3.00. The summed E-state index contributed by atoms with van der Waals surface area (Å²) in [5.41, 5.74) is 0.466. The molecule has 0 aromatic carbocycles. The van der Waals surface area contributed by atoms with Gasteiger partial charge in [0, 0.05) is 12.7 Å². The molecule has 2 fully saturated rings. The van der Waals surface area contributed by atoms with Crippen LogP contribution in [0, 0.1) is 0 Å². The van der Waals surface area contributed by atoms with E-state index in [1.807, 2.05) is 0 Å². The Kier molecular flexibility index (Phi) is 4.31. The average molecular weight is 310 g/mol. The number of carbonyl (C=O) groups is 1. The summed E-state index contributed by atoms with van der Waals surface area (Å²) in [7, 11) is 0. The van der Waals surface area contributed by atoms with Crippen LogP contribution in [0.25, 0.3) is 0 Å². The summed E-state index contributed by atoms with van der Waals surface area (Å²) in [4.78, 5) is 16.6. The molecule has 6 heteroatoms. The van der Waals surface area contributed by atoms with Gasteiger partial charge in [0.05, 0.1) is 28.8 Å². The fraction of sp³-hybridized carbons (Fsp3) is 0.600. The van der Waals surface area contributed by atoms with Crippen LogP contribution < -0.4 is 10.6 Å². The lowest BCUT2D eigenvalue weighted by atomic mass is 9.95. The fourth-order valence-corrected chi connectivity index (χ4v) is 3.19. The van der Waals surface area contributed by atoms with E-state index in [0.29, 0.717) is 22.5 Å². The number of anilines is 1. The van der Waals surface area contributed by atoms with Gasteiger partial charge >= 0.3 is 0 Å². The van der Waals surface area contributed by atoms with Gasteiger partial charge in [-0.2, -0.15) is 0 Å². The molecule has 3 unspecified atom stereocenters. The summed E-state index contributed by atoms with van der Waals surface area (Å²) in [6.07, 6.45) is 6.04. The third-order valence-electron chi connectivity index (χ3n) is 4.08. The number of nitrogens with one attached hydrogen (secondary N) is 2. The van der Waals surface area contributed by atoms with Crippen LogP contribution in [-0.2, 0) is 4.74 Å². The minimum Gasteiger partial charge on any atom is -0.373 e. The van der Waals surface area contributed by atoms with Gasteiger partial charge in [-0.1, -0.05) is 18.5 Å². The average Bonchev–Trinajstić information content (AvgIpc) is 3.09. The van der Waals surface area contributed by atoms with E-state index in [9.17, 15) is 4.79 Å². The third kappa shape index (κ3) is 3.14. The maximum atomic E-state index is 12.4. The molecule has 1 amide bonds. The molecule has 2 N–H and O–H groups in total. The first kappa shape index (κ1) is 14.6. The number of carbonyl (C=O) groups excluding carboxylic acids is 1. The third-order valence-corrected chi connectivity index (χ3v) is 4.38. The lowest BCUT2D eigenvalue weighted by Crippen LogP contribution is -2.41. The molecule has 5 nitrogen and oxygen atoms in total. The van der Waals surface area contributed by atoms with Crippen molar-refractivity contribution in [2.45, 2.75) is 50.9 Å². The van der Waals surface area contributed by atoms with Crippen LogP contribution in [0.1, 0.15) is 43.0 Å². The predicted octanol–water partition coefficient (Wildman–Crippen LogP) is 2.61. The monoisotopic (exact) mass is 309 g/mol. The number of pyridine rings is 1. The Bertz CT molecular complexity index is 538. The molecule has 2 aliphatic rings. The summed E-state index contributed by atoms with van der Waals surface area (Å²) in [6, 6.07) is 1.81. The van der Waals surface area contributed by atoms with E-state index in [4.69, 9.17) is 16.3 Å². The molecule has 0 saturated carbocycles.